The predicted octanol–water partition coefficient (Wildman–Crippen LogP) is 1.40. The molecule has 0 radical (unpaired) electrons. The number of aliphatic hydroxyl groups excluding tert-OH is 2. The van der Waals surface area contributed by atoms with Crippen molar-refractivity contribution in [2.75, 3.05) is 6.61 Å². The summed E-state index contributed by atoms with van der Waals surface area (Å²) in [7, 11) is 0. The number of carbonyl (C=O) groups is 1. The standard InChI is InChI=1S/C20H28O5/c1-10-11-4-5-12-18-9-25-20(24,19(12,8-11)15(10)22)16(23)14(18)17(2,3)7-6-13(18)21/h11-14,16,21,23-24H,1,4-9H2,2-3H3/t11-,12-,13-,14+,16-,18+,19-,20-/m0/s1. The topological polar surface area (TPSA) is 87.0 Å². The molecule has 6 rings (SSSR count). The van der Waals surface area contributed by atoms with Crippen molar-refractivity contribution in [2.24, 2.45) is 34.0 Å². The highest BCUT2D eigenvalue weighted by Crippen LogP contribution is 2.76. The van der Waals surface area contributed by atoms with Crippen molar-refractivity contribution >= 4 is 5.78 Å². The molecule has 0 aromatic carbocycles. The van der Waals surface area contributed by atoms with Crippen molar-refractivity contribution in [1.82, 2.24) is 0 Å². The summed E-state index contributed by atoms with van der Waals surface area (Å²) in [6, 6.07) is 0. The minimum absolute atomic E-state index is 0.0616. The normalized spacial score (nSPS) is 58.8. The van der Waals surface area contributed by atoms with Gasteiger partial charge in [-0.05, 0) is 54.9 Å². The Kier molecular flexibility index (Phi) is 2.88. The first-order chi connectivity index (χ1) is 11.6. The molecule has 0 amide bonds. The molecule has 4 saturated carbocycles. The first kappa shape index (κ1) is 16.4. The van der Waals surface area contributed by atoms with Gasteiger partial charge < -0.3 is 20.1 Å². The summed E-state index contributed by atoms with van der Waals surface area (Å²) < 4.78 is 5.89. The smallest absolute Gasteiger partial charge is 0.205 e. The van der Waals surface area contributed by atoms with E-state index in [1.807, 2.05) is 0 Å². The maximum atomic E-state index is 13.3. The van der Waals surface area contributed by atoms with E-state index in [-0.39, 0.29) is 35.6 Å². The summed E-state index contributed by atoms with van der Waals surface area (Å²) in [6.45, 7) is 8.41. The van der Waals surface area contributed by atoms with Gasteiger partial charge in [0.15, 0.2) is 5.78 Å². The number of fused-ring (bicyclic) bond motifs is 2. The summed E-state index contributed by atoms with van der Waals surface area (Å²) in [5.74, 6) is -2.39. The van der Waals surface area contributed by atoms with Crippen molar-refractivity contribution in [3.8, 4) is 0 Å². The summed E-state index contributed by atoms with van der Waals surface area (Å²) in [4.78, 5) is 13.3. The molecule has 0 unspecified atom stereocenters. The summed E-state index contributed by atoms with van der Waals surface area (Å²) in [6.07, 6.45) is 1.77. The van der Waals surface area contributed by atoms with Crippen LogP contribution < -0.4 is 0 Å². The summed E-state index contributed by atoms with van der Waals surface area (Å²) in [5.41, 5.74) is -1.48. The Labute approximate surface area is 148 Å². The molecule has 25 heavy (non-hydrogen) atoms. The lowest BCUT2D eigenvalue weighted by Gasteiger charge is -2.74. The average molecular weight is 348 g/mol. The Bertz CT molecular complexity index is 686. The van der Waals surface area contributed by atoms with E-state index < -0.39 is 28.8 Å². The van der Waals surface area contributed by atoms with Crippen molar-refractivity contribution < 1.29 is 24.9 Å². The molecule has 4 bridgehead atoms. The summed E-state index contributed by atoms with van der Waals surface area (Å²) in [5, 5.41) is 34.0. The Morgan fingerprint density at radius 3 is 2.64 bits per heavy atom. The number of allylic oxidation sites excluding steroid dienone is 1. The number of ether oxygens (including phenoxy) is 1. The molecule has 2 spiro atoms. The molecular formula is C20H28O5. The third kappa shape index (κ3) is 1.44. The highest BCUT2D eigenvalue weighted by atomic mass is 16.6. The monoisotopic (exact) mass is 348 g/mol. The first-order valence-corrected chi connectivity index (χ1v) is 9.59. The molecule has 138 valence electrons. The van der Waals surface area contributed by atoms with Crippen molar-refractivity contribution in [1.29, 1.82) is 0 Å². The van der Waals surface area contributed by atoms with Gasteiger partial charge in [0, 0.05) is 11.3 Å². The average Bonchev–Trinajstić information content (AvgIpc) is 2.75. The van der Waals surface area contributed by atoms with Crippen LogP contribution in [0.25, 0.3) is 0 Å². The minimum Gasteiger partial charge on any atom is -0.392 e. The second kappa shape index (κ2) is 4.38. The first-order valence-electron chi connectivity index (χ1n) is 9.59. The van der Waals surface area contributed by atoms with Crippen molar-refractivity contribution in [3.05, 3.63) is 12.2 Å². The molecule has 5 heteroatoms. The third-order valence-corrected chi connectivity index (χ3v) is 8.81. The lowest BCUT2D eigenvalue weighted by atomic mass is 9.36. The number of rotatable bonds is 0. The SMILES string of the molecule is C=C1C(=O)[C@]23C[C@@H]1CC[C@H]2[C@@]12CO[C@@]3(O)[C@@H](O)[C@@H]1C(C)(C)CC[C@@H]2O. The minimum atomic E-state index is -1.87. The fourth-order valence-electron chi connectivity index (χ4n) is 7.82. The molecule has 4 aliphatic carbocycles. The molecule has 6 aliphatic rings. The number of aliphatic hydroxyl groups is 3. The van der Waals surface area contributed by atoms with Crippen LogP contribution in [-0.4, -0.2) is 45.7 Å². The Morgan fingerprint density at radius 2 is 1.92 bits per heavy atom. The van der Waals surface area contributed by atoms with E-state index in [0.29, 0.717) is 18.4 Å². The van der Waals surface area contributed by atoms with E-state index in [4.69, 9.17) is 4.74 Å². The van der Waals surface area contributed by atoms with Crippen LogP contribution in [0.5, 0.6) is 0 Å². The van der Waals surface area contributed by atoms with E-state index >= 15 is 0 Å². The van der Waals surface area contributed by atoms with E-state index in [1.165, 1.54) is 0 Å². The number of Topliss-reactive ketones (excluding diaryl/α,β-unsaturated/α-hetero) is 1. The van der Waals surface area contributed by atoms with Crippen LogP contribution in [0.1, 0.15) is 46.0 Å². The summed E-state index contributed by atoms with van der Waals surface area (Å²) >= 11 is 0. The van der Waals surface area contributed by atoms with Gasteiger partial charge in [-0.15, -0.1) is 0 Å². The molecule has 5 nitrogen and oxygen atoms in total. The Morgan fingerprint density at radius 1 is 1.20 bits per heavy atom. The molecule has 0 aromatic heterocycles. The van der Waals surface area contributed by atoms with Gasteiger partial charge in [0.1, 0.15) is 6.10 Å². The fraction of sp³-hybridized carbons (Fsp3) is 0.850. The Hall–Kier alpha value is -0.750. The van der Waals surface area contributed by atoms with Gasteiger partial charge in [-0.2, -0.15) is 0 Å². The van der Waals surface area contributed by atoms with Crippen LogP contribution in [0, 0.1) is 34.0 Å². The van der Waals surface area contributed by atoms with Gasteiger partial charge >= 0.3 is 0 Å². The maximum absolute atomic E-state index is 13.3. The number of carbonyl (C=O) groups excluding carboxylic acids is 1. The molecule has 2 heterocycles. The molecule has 0 aromatic rings. The number of hydrogen-bond acceptors (Lipinski definition) is 5. The van der Waals surface area contributed by atoms with Gasteiger partial charge in [0.05, 0.1) is 18.1 Å². The molecule has 3 N–H and O–H groups in total. The zero-order valence-electron chi connectivity index (χ0n) is 15.0. The van der Waals surface area contributed by atoms with E-state index in [9.17, 15) is 20.1 Å². The zero-order chi connectivity index (χ0) is 18.0. The van der Waals surface area contributed by atoms with Crippen LogP contribution >= 0.6 is 0 Å². The van der Waals surface area contributed by atoms with Gasteiger partial charge in [-0.1, -0.05) is 20.4 Å². The second-order valence-electron chi connectivity index (χ2n) is 9.92. The van der Waals surface area contributed by atoms with E-state index in [2.05, 4.69) is 20.4 Å². The van der Waals surface area contributed by atoms with Gasteiger partial charge in [-0.25, -0.2) is 0 Å². The van der Waals surface area contributed by atoms with Crippen molar-refractivity contribution in [3.63, 3.8) is 0 Å². The third-order valence-electron chi connectivity index (χ3n) is 8.81. The molecular weight excluding hydrogens is 320 g/mol. The van der Waals surface area contributed by atoms with Gasteiger partial charge in [-0.3, -0.25) is 4.79 Å². The van der Waals surface area contributed by atoms with Crippen LogP contribution in [-0.2, 0) is 9.53 Å². The van der Waals surface area contributed by atoms with Crippen molar-refractivity contribution in [2.45, 2.75) is 63.9 Å². The number of hydrogen-bond donors (Lipinski definition) is 3. The van der Waals surface area contributed by atoms with Crippen LogP contribution in [0.15, 0.2) is 12.2 Å². The van der Waals surface area contributed by atoms with Gasteiger partial charge in [0.25, 0.3) is 0 Å². The Balaban J connectivity index is 1.79. The second-order valence-corrected chi connectivity index (χ2v) is 9.92. The highest BCUT2D eigenvalue weighted by molar-refractivity contribution is 6.04. The number of ketones is 1. The highest BCUT2D eigenvalue weighted by Gasteiger charge is 2.84. The lowest BCUT2D eigenvalue weighted by Crippen LogP contribution is -2.83. The maximum Gasteiger partial charge on any atom is 0.205 e. The van der Waals surface area contributed by atoms with E-state index in [1.54, 1.807) is 0 Å². The lowest BCUT2D eigenvalue weighted by molar-refractivity contribution is -0.448. The quantitative estimate of drug-likeness (QED) is 0.576. The largest absolute Gasteiger partial charge is 0.392 e. The van der Waals surface area contributed by atoms with Gasteiger partial charge in [0.2, 0.25) is 5.79 Å². The van der Waals surface area contributed by atoms with Crippen LogP contribution in [0.4, 0.5) is 0 Å². The van der Waals surface area contributed by atoms with Crippen LogP contribution in [0.2, 0.25) is 0 Å². The predicted molar refractivity (Wildman–Crippen MR) is 89.3 cm³/mol. The molecule has 2 aliphatic heterocycles. The van der Waals surface area contributed by atoms with E-state index in [0.717, 1.165) is 19.3 Å². The zero-order valence-corrected chi connectivity index (χ0v) is 15.0. The van der Waals surface area contributed by atoms with Crippen LogP contribution in [0.3, 0.4) is 0 Å². The molecule has 8 atom stereocenters. The molecule has 6 fully saturated rings. The fourth-order valence-corrected chi connectivity index (χ4v) is 7.82. The molecule has 2 saturated heterocycles.